The molecule has 0 fully saturated rings. The zero-order chi connectivity index (χ0) is 13.7. The highest BCUT2D eigenvalue weighted by atomic mass is 16.5. The number of nitrogens with zero attached hydrogens (tertiary/aromatic N) is 2. The summed E-state index contributed by atoms with van der Waals surface area (Å²) in [5.41, 5.74) is 7.90. The summed E-state index contributed by atoms with van der Waals surface area (Å²) in [6.45, 7) is 11.7. The van der Waals surface area contributed by atoms with Gasteiger partial charge in [-0.25, -0.2) is 0 Å². The van der Waals surface area contributed by atoms with Crippen molar-refractivity contribution in [3.8, 4) is 0 Å². The van der Waals surface area contributed by atoms with E-state index in [2.05, 4.69) is 36.2 Å². The van der Waals surface area contributed by atoms with Crippen LogP contribution in [0.3, 0.4) is 0 Å². The van der Waals surface area contributed by atoms with Crippen LogP contribution in [0.5, 0.6) is 0 Å². The third-order valence-corrected chi connectivity index (χ3v) is 2.80. The van der Waals surface area contributed by atoms with Gasteiger partial charge >= 0.3 is 0 Å². The maximum Gasteiger partial charge on any atom is 0.188 e. The summed E-state index contributed by atoms with van der Waals surface area (Å²) >= 11 is 0. The molecule has 0 saturated heterocycles. The van der Waals surface area contributed by atoms with Crippen LogP contribution in [0, 0.1) is 19.8 Å². The first kappa shape index (κ1) is 14.5. The van der Waals surface area contributed by atoms with E-state index in [-0.39, 0.29) is 0 Å². The third-order valence-electron chi connectivity index (χ3n) is 2.80. The minimum atomic E-state index is 0.295. The lowest BCUT2D eigenvalue weighted by Gasteiger charge is -2.13. The van der Waals surface area contributed by atoms with Gasteiger partial charge in [-0.15, -0.1) is 0 Å². The number of guanidine groups is 1. The van der Waals surface area contributed by atoms with E-state index in [9.17, 15) is 0 Å². The van der Waals surface area contributed by atoms with Crippen molar-refractivity contribution in [1.29, 1.82) is 0 Å². The molecule has 1 aromatic rings. The monoisotopic (exact) mass is 252 g/mol. The molecule has 0 saturated carbocycles. The van der Waals surface area contributed by atoms with Gasteiger partial charge in [-0.1, -0.05) is 25.9 Å². The Morgan fingerprint density at radius 3 is 2.56 bits per heavy atom. The van der Waals surface area contributed by atoms with Crippen molar-refractivity contribution in [2.45, 2.75) is 40.5 Å². The SMILES string of the molecule is Cc1noc(C)c1C(C)CNC(N)=NCC(C)C. The lowest BCUT2D eigenvalue weighted by molar-refractivity contribution is 0.391. The minimum absolute atomic E-state index is 0.295. The summed E-state index contributed by atoms with van der Waals surface area (Å²) in [7, 11) is 0. The Hall–Kier alpha value is -1.52. The lowest BCUT2D eigenvalue weighted by atomic mass is 10.00. The number of hydrogen-bond acceptors (Lipinski definition) is 3. The molecule has 5 nitrogen and oxygen atoms in total. The van der Waals surface area contributed by atoms with E-state index in [1.165, 1.54) is 0 Å². The van der Waals surface area contributed by atoms with Gasteiger partial charge in [0.05, 0.1) is 5.69 Å². The van der Waals surface area contributed by atoms with E-state index in [0.29, 0.717) is 17.8 Å². The summed E-state index contributed by atoms with van der Waals surface area (Å²) in [6.07, 6.45) is 0. The average Bonchev–Trinajstić information content (AvgIpc) is 2.63. The third kappa shape index (κ3) is 4.05. The quantitative estimate of drug-likeness (QED) is 0.620. The Morgan fingerprint density at radius 2 is 2.06 bits per heavy atom. The molecule has 1 unspecified atom stereocenters. The van der Waals surface area contributed by atoms with Gasteiger partial charge in [0, 0.05) is 24.6 Å². The molecule has 3 N–H and O–H groups in total. The maximum atomic E-state index is 5.80. The molecule has 1 rings (SSSR count). The fourth-order valence-corrected chi connectivity index (χ4v) is 1.89. The zero-order valence-electron chi connectivity index (χ0n) is 11.9. The van der Waals surface area contributed by atoms with Gasteiger partial charge in [0.15, 0.2) is 5.96 Å². The topological polar surface area (TPSA) is 76.4 Å². The lowest BCUT2D eigenvalue weighted by Crippen LogP contribution is -2.34. The van der Waals surface area contributed by atoms with Crippen LogP contribution in [0.15, 0.2) is 9.52 Å². The molecule has 102 valence electrons. The Labute approximate surface area is 109 Å². The first-order valence-corrected chi connectivity index (χ1v) is 6.38. The van der Waals surface area contributed by atoms with Gasteiger partial charge in [-0.3, -0.25) is 4.99 Å². The summed E-state index contributed by atoms with van der Waals surface area (Å²) in [6, 6.07) is 0. The number of aromatic nitrogens is 1. The molecular formula is C13H24N4O. The number of rotatable bonds is 5. The summed E-state index contributed by atoms with van der Waals surface area (Å²) in [5, 5.41) is 7.10. The zero-order valence-corrected chi connectivity index (χ0v) is 11.9. The van der Waals surface area contributed by atoms with Crippen molar-refractivity contribution < 1.29 is 4.52 Å². The van der Waals surface area contributed by atoms with Crippen molar-refractivity contribution in [3.63, 3.8) is 0 Å². The van der Waals surface area contributed by atoms with E-state index in [1.807, 2.05) is 13.8 Å². The molecule has 5 heteroatoms. The second kappa shape index (κ2) is 6.42. The molecule has 1 heterocycles. The fraction of sp³-hybridized carbons (Fsp3) is 0.692. The molecule has 0 amide bonds. The maximum absolute atomic E-state index is 5.80. The van der Waals surface area contributed by atoms with Crippen LogP contribution in [-0.2, 0) is 0 Å². The Kier molecular flexibility index (Phi) is 5.19. The molecule has 0 spiro atoms. The number of hydrogen-bond donors (Lipinski definition) is 2. The molecule has 0 bridgehead atoms. The van der Waals surface area contributed by atoms with Crippen LogP contribution >= 0.6 is 0 Å². The first-order valence-electron chi connectivity index (χ1n) is 6.38. The van der Waals surface area contributed by atoms with Crippen LogP contribution < -0.4 is 11.1 Å². The summed E-state index contributed by atoms with van der Waals surface area (Å²) in [5.74, 6) is 2.19. The van der Waals surface area contributed by atoms with Crippen molar-refractivity contribution in [2.24, 2.45) is 16.6 Å². The number of aryl methyl sites for hydroxylation is 2. The Morgan fingerprint density at radius 1 is 1.39 bits per heavy atom. The number of nitrogens with one attached hydrogen (secondary N) is 1. The van der Waals surface area contributed by atoms with Crippen LogP contribution in [0.4, 0.5) is 0 Å². The molecule has 1 atom stereocenters. The highest BCUT2D eigenvalue weighted by Crippen LogP contribution is 2.22. The summed E-state index contributed by atoms with van der Waals surface area (Å²) < 4.78 is 5.16. The average molecular weight is 252 g/mol. The van der Waals surface area contributed by atoms with Gasteiger partial charge < -0.3 is 15.6 Å². The van der Waals surface area contributed by atoms with E-state index in [4.69, 9.17) is 10.3 Å². The highest BCUT2D eigenvalue weighted by molar-refractivity contribution is 5.77. The van der Waals surface area contributed by atoms with Crippen LogP contribution in [0.1, 0.15) is 43.7 Å². The van der Waals surface area contributed by atoms with Gasteiger partial charge in [0.25, 0.3) is 0 Å². The summed E-state index contributed by atoms with van der Waals surface area (Å²) in [4.78, 5) is 4.27. The van der Waals surface area contributed by atoms with Gasteiger partial charge in [0.2, 0.25) is 0 Å². The van der Waals surface area contributed by atoms with Crippen molar-refractivity contribution in [1.82, 2.24) is 10.5 Å². The molecule has 1 aromatic heterocycles. The second-order valence-corrected chi connectivity index (χ2v) is 5.14. The molecule has 0 aliphatic heterocycles. The van der Waals surface area contributed by atoms with Gasteiger partial charge in [-0.2, -0.15) is 0 Å². The molecule has 0 aliphatic carbocycles. The van der Waals surface area contributed by atoms with E-state index < -0.39 is 0 Å². The largest absolute Gasteiger partial charge is 0.370 e. The van der Waals surface area contributed by atoms with Crippen molar-refractivity contribution in [3.05, 3.63) is 17.0 Å². The fourth-order valence-electron chi connectivity index (χ4n) is 1.89. The van der Waals surface area contributed by atoms with Gasteiger partial charge in [-0.05, 0) is 19.8 Å². The smallest absolute Gasteiger partial charge is 0.188 e. The number of nitrogens with two attached hydrogens (primary N) is 1. The molecule has 18 heavy (non-hydrogen) atoms. The normalized spacial score (nSPS) is 14.0. The van der Waals surface area contributed by atoms with Crippen molar-refractivity contribution >= 4 is 5.96 Å². The Balaban J connectivity index is 2.51. The van der Waals surface area contributed by atoms with E-state index in [0.717, 1.165) is 30.1 Å². The predicted octanol–water partition coefficient (Wildman–Crippen LogP) is 1.96. The predicted molar refractivity (Wildman–Crippen MR) is 73.7 cm³/mol. The van der Waals surface area contributed by atoms with Crippen LogP contribution in [0.25, 0.3) is 0 Å². The second-order valence-electron chi connectivity index (χ2n) is 5.14. The molecule has 0 aliphatic rings. The number of aliphatic imine (C=N–C) groups is 1. The highest BCUT2D eigenvalue weighted by Gasteiger charge is 2.16. The Bertz CT molecular complexity index is 390. The first-order chi connectivity index (χ1) is 8.41. The van der Waals surface area contributed by atoms with Gasteiger partial charge in [0.1, 0.15) is 5.76 Å². The molecule has 0 aromatic carbocycles. The standard InChI is InChI=1S/C13H24N4O/c1-8(2)6-15-13(14)16-7-9(3)12-10(4)17-18-11(12)5/h8-9H,6-7H2,1-5H3,(H3,14,15,16). The van der Waals surface area contributed by atoms with E-state index >= 15 is 0 Å². The molecule has 0 radical (unpaired) electrons. The van der Waals surface area contributed by atoms with E-state index in [1.54, 1.807) is 0 Å². The minimum Gasteiger partial charge on any atom is -0.370 e. The molecular weight excluding hydrogens is 228 g/mol. The van der Waals surface area contributed by atoms with Crippen LogP contribution in [-0.4, -0.2) is 24.2 Å². The van der Waals surface area contributed by atoms with Crippen LogP contribution in [0.2, 0.25) is 0 Å². The van der Waals surface area contributed by atoms with Crippen molar-refractivity contribution in [2.75, 3.05) is 13.1 Å².